The van der Waals surface area contributed by atoms with E-state index >= 15 is 0 Å². The summed E-state index contributed by atoms with van der Waals surface area (Å²) in [5, 5.41) is 0. The van der Waals surface area contributed by atoms with E-state index in [1.54, 1.807) is 18.9 Å². The van der Waals surface area contributed by atoms with E-state index in [1.807, 2.05) is 30.3 Å². The molecule has 3 rings (SSSR count). The maximum atomic E-state index is 12.1. The van der Waals surface area contributed by atoms with Crippen molar-refractivity contribution < 1.29 is 19.0 Å². The molecule has 5 heteroatoms. The number of hydrogen-bond acceptors (Lipinski definition) is 5. The highest BCUT2D eigenvalue weighted by Gasteiger charge is 2.33. The Bertz CT molecular complexity index is 732. The second-order valence-corrected chi connectivity index (χ2v) is 8.42. The molecule has 4 nitrogen and oxygen atoms in total. The number of hydrogen-bond donors (Lipinski definition) is 0. The molecule has 0 N–H and O–H groups in total. The summed E-state index contributed by atoms with van der Waals surface area (Å²) in [6.07, 6.45) is 3.87. The third kappa shape index (κ3) is 7.41. The number of ether oxygens (including phenoxy) is 3. The number of cyclic esters (lactones) is 1. The van der Waals surface area contributed by atoms with E-state index in [2.05, 4.69) is 24.3 Å². The van der Waals surface area contributed by atoms with Crippen molar-refractivity contribution in [2.75, 3.05) is 19.5 Å². The van der Waals surface area contributed by atoms with Crippen molar-refractivity contribution in [2.24, 2.45) is 5.92 Å². The topological polar surface area (TPSA) is 44.8 Å². The number of benzene rings is 2. The number of thioether (sulfide) groups is 1. The van der Waals surface area contributed by atoms with E-state index in [4.69, 9.17) is 14.2 Å². The van der Waals surface area contributed by atoms with Crippen LogP contribution < -0.4 is 4.74 Å². The lowest BCUT2D eigenvalue weighted by Gasteiger charge is -2.09. The van der Waals surface area contributed by atoms with E-state index in [-0.39, 0.29) is 18.0 Å². The molecule has 1 heterocycles. The second-order valence-electron chi connectivity index (χ2n) is 7.39. The van der Waals surface area contributed by atoms with Gasteiger partial charge in [-0.1, -0.05) is 42.5 Å². The standard InChI is InChI=1S/C24H30O4S/c1-26-22-12-10-20(11-13-22)17-29-18-21-15-23(28-24(21)25)9-5-6-14-27-16-19-7-3-2-4-8-19/h2-4,7-8,10-13,21,23H,5-6,9,14-18H2,1H3. The van der Waals surface area contributed by atoms with Gasteiger partial charge in [0.1, 0.15) is 11.9 Å². The third-order valence-corrected chi connectivity index (χ3v) is 6.26. The Balaban J connectivity index is 1.25. The molecular weight excluding hydrogens is 384 g/mol. The average Bonchev–Trinajstić information content (AvgIpc) is 3.11. The molecule has 0 spiro atoms. The summed E-state index contributed by atoms with van der Waals surface area (Å²) in [5.41, 5.74) is 2.45. The molecule has 1 fully saturated rings. The monoisotopic (exact) mass is 414 g/mol. The fraction of sp³-hybridized carbons (Fsp3) is 0.458. The van der Waals surface area contributed by atoms with Gasteiger partial charge in [-0.15, -0.1) is 0 Å². The number of rotatable bonds is 12. The van der Waals surface area contributed by atoms with Crippen molar-refractivity contribution >= 4 is 17.7 Å². The lowest BCUT2D eigenvalue weighted by atomic mass is 10.0. The highest BCUT2D eigenvalue weighted by atomic mass is 32.2. The number of carbonyl (C=O) groups excluding carboxylic acids is 1. The first-order valence-corrected chi connectivity index (χ1v) is 11.4. The highest BCUT2D eigenvalue weighted by molar-refractivity contribution is 7.98. The van der Waals surface area contributed by atoms with Gasteiger partial charge in [0.25, 0.3) is 0 Å². The van der Waals surface area contributed by atoms with E-state index in [1.165, 1.54) is 11.1 Å². The van der Waals surface area contributed by atoms with Crippen molar-refractivity contribution in [3.63, 3.8) is 0 Å². The smallest absolute Gasteiger partial charge is 0.310 e. The molecule has 2 aromatic rings. The van der Waals surface area contributed by atoms with Crippen LogP contribution in [-0.2, 0) is 26.6 Å². The zero-order valence-electron chi connectivity index (χ0n) is 17.0. The summed E-state index contributed by atoms with van der Waals surface area (Å²) in [6, 6.07) is 18.3. The molecule has 0 amide bonds. The molecule has 2 unspecified atom stereocenters. The molecule has 156 valence electrons. The molecule has 2 aromatic carbocycles. The molecule has 0 bridgehead atoms. The third-order valence-electron chi connectivity index (χ3n) is 5.09. The normalized spacial score (nSPS) is 18.6. The molecular formula is C24H30O4S. The van der Waals surface area contributed by atoms with E-state index in [0.717, 1.165) is 49.5 Å². The van der Waals surface area contributed by atoms with Gasteiger partial charge in [0, 0.05) is 18.1 Å². The summed E-state index contributed by atoms with van der Waals surface area (Å²) in [7, 11) is 1.67. The summed E-state index contributed by atoms with van der Waals surface area (Å²) >= 11 is 1.79. The SMILES string of the molecule is COc1ccc(CSCC2CC(CCCCOCc3ccccc3)OC2=O)cc1. The minimum absolute atomic E-state index is 0.0255. The van der Waals surface area contributed by atoms with Crippen molar-refractivity contribution in [1.82, 2.24) is 0 Å². The first kappa shape index (κ1) is 21.7. The van der Waals surface area contributed by atoms with Crippen LogP contribution in [0.2, 0.25) is 0 Å². The lowest BCUT2D eigenvalue weighted by Crippen LogP contribution is -2.10. The lowest BCUT2D eigenvalue weighted by molar-refractivity contribution is -0.144. The van der Waals surface area contributed by atoms with Gasteiger partial charge < -0.3 is 14.2 Å². The molecule has 1 aliphatic rings. The van der Waals surface area contributed by atoms with Crippen LogP contribution in [0.1, 0.15) is 36.8 Å². The van der Waals surface area contributed by atoms with Crippen LogP contribution >= 0.6 is 11.8 Å². The summed E-state index contributed by atoms with van der Waals surface area (Å²) in [5.74, 6) is 2.58. The molecule has 29 heavy (non-hydrogen) atoms. The zero-order valence-corrected chi connectivity index (χ0v) is 17.9. The van der Waals surface area contributed by atoms with Crippen LogP contribution in [0.4, 0.5) is 0 Å². The van der Waals surface area contributed by atoms with Gasteiger partial charge in [-0.05, 0) is 48.9 Å². The maximum absolute atomic E-state index is 12.1. The summed E-state index contributed by atoms with van der Waals surface area (Å²) < 4.78 is 16.5. The largest absolute Gasteiger partial charge is 0.497 e. The van der Waals surface area contributed by atoms with E-state index in [0.29, 0.717) is 6.61 Å². The van der Waals surface area contributed by atoms with Gasteiger partial charge in [-0.2, -0.15) is 11.8 Å². The van der Waals surface area contributed by atoms with Gasteiger partial charge in [-0.25, -0.2) is 0 Å². The van der Waals surface area contributed by atoms with Gasteiger partial charge >= 0.3 is 5.97 Å². The first-order valence-electron chi connectivity index (χ1n) is 10.3. The average molecular weight is 415 g/mol. The Kier molecular flexibility index (Phi) is 8.90. The van der Waals surface area contributed by atoms with Gasteiger partial charge in [0.2, 0.25) is 0 Å². The van der Waals surface area contributed by atoms with Crippen LogP contribution in [0, 0.1) is 5.92 Å². The van der Waals surface area contributed by atoms with Gasteiger partial charge in [0.05, 0.1) is 19.6 Å². The van der Waals surface area contributed by atoms with Crippen molar-refractivity contribution in [3.8, 4) is 5.75 Å². The first-order chi connectivity index (χ1) is 14.2. The van der Waals surface area contributed by atoms with Crippen molar-refractivity contribution in [1.29, 1.82) is 0 Å². The predicted octanol–water partition coefficient (Wildman–Crippen LogP) is 5.25. The minimum atomic E-state index is -0.0300. The van der Waals surface area contributed by atoms with Gasteiger partial charge in [-0.3, -0.25) is 4.79 Å². The summed E-state index contributed by atoms with van der Waals surface area (Å²) in [4.78, 5) is 12.1. The minimum Gasteiger partial charge on any atom is -0.497 e. The fourth-order valence-electron chi connectivity index (χ4n) is 3.42. The highest BCUT2D eigenvalue weighted by Crippen LogP contribution is 2.29. The van der Waals surface area contributed by atoms with E-state index < -0.39 is 0 Å². The fourth-order valence-corrected chi connectivity index (χ4v) is 4.52. The van der Waals surface area contributed by atoms with Crippen LogP contribution in [0.3, 0.4) is 0 Å². The van der Waals surface area contributed by atoms with Crippen LogP contribution in [0.5, 0.6) is 5.75 Å². The number of carbonyl (C=O) groups is 1. The van der Waals surface area contributed by atoms with Crippen molar-refractivity contribution in [2.45, 2.75) is 44.1 Å². The van der Waals surface area contributed by atoms with Crippen LogP contribution in [-0.4, -0.2) is 31.5 Å². The van der Waals surface area contributed by atoms with E-state index in [9.17, 15) is 4.79 Å². The Hall–Kier alpha value is -1.98. The van der Waals surface area contributed by atoms with Crippen LogP contribution in [0.15, 0.2) is 54.6 Å². The van der Waals surface area contributed by atoms with Crippen molar-refractivity contribution in [3.05, 3.63) is 65.7 Å². The zero-order chi connectivity index (χ0) is 20.3. The molecule has 0 saturated carbocycles. The Labute approximate surface area is 177 Å². The molecule has 0 aliphatic carbocycles. The quantitative estimate of drug-likeness (QED) is 0.351. The molecule has 2 atom stereocenters. The second kappa shape index (κ2) is 11.9. The molecule has 1 aliphatic heterocycles. The predicted molar refractivity (Wildman–Crippen MR) is 117 cm³/mol. The summed E-state index contributed by atoms with van der Waals surface area (Å²) in [6.45, 7) is 1.41. The number of methoxy groups -OCH3 is 1. The molecule has 0 aromatic heterocycles. The van der Waals surface area contributed by atoms with Gasteiger partial charge in [0.15, 0.2) is 0 Å². The maximum Gasteiger partial charge on any atom is 0.310 e. The van der Waals surface area contributed by atoms with Crippen LogP contribution in [0.25, 0.3) is 0 Å². The molecule has 1 saturated heterocycles. The molecule has 0 radical (unpaired) electrons. The Morgan fingerprint density at radius 3 is 2.59 bits per heavy atom. The number of esters is 1. The Morgan fingerprint density at radius 1 is 1.03 bits per heavy atom. The Morgan fingerprint density at radius 2 is 1.83 bits per heavy atom. The number of unbranched alkanes of at least 4 members (excludes halogenated alkanes) is 1.